The van der Waals surface area contributed by atoms with Crippen LogP contribution in [-0.2, 0) is 4.79 Å². The molecule has 3 nitrogen and oxygen atoms in total. The zero-order valence-corrected chi connectivity index (χ0v) is 8.97. The van der Waals surface area contributed by atoms with Gasteiger partial charge in [0.25, 0.3) is 0 Å². The fourth-order valence-corrected chi connectivity index (χ4v) is 1.64. The lowest BCUT2D eigenvalue weighted by Crippen LogP contribution is -2.33. The number of nitrogens with one attached hydrogen (secondary N) is 1. The van der Waals surface area contributed by atoms with Crippen LogP contribution in [0.4, 0.5) is 0 Å². The number of allylic oxidation sites excluding steroid dienone is 2. The number of dihydropyridines is 1. The Morgan fingerprint density at radius 2 is 1.94 bits per heavy atom. The molecule has 0 radical (unpaired) electrons. The highest BCUT2D eigenvalue weighted by molar-refractivity contribution is 5.95. The molecule has 0 fully saturated rings. The van der Waals surface area contributed by atoms with Crippen molar-refractivity contribution in [3.05, 3.63) is 53.6 Å². The lowest BCUT2D eigenvalue weighted by molar-refractivity contribution is -0.114. The molecule has 3 heteroatoms. The number of carbonyl (C=O) groups is 1. The first kappa shape index (κ1) is 10.6. The van der Waals surface area contributed by atoms with Crippen LogP contribution < -0.4 is 5.32 Å². The van der Waals surface area contributed by atoms with E-state index in [1.54, 1.807) is 12.2 Å². The van der Waals surface area contributed by atoms with Gasteiger partial charge in [-0.15, -0.1) is 0 Å². The second-order valence-corrected chi connectivity index (χ2v) is 3.67. The number of hydrogen-bond donors (Lipinski definition) is 2. The van der Waals surface area contributed by atoms with Crippen LogP contribution in [0.2, 0.25) is 0 Å². The van der Waals surface area contributed by atoms with Crippen LogP contribution in [0, 0.1) is 0 Å². The molecule has 1 unspecified atom stereocenters. The molecule has 1 aliphatic rings. The monoisotopic (exact) mass is 215 g/mol. The van der Waals surface area contributed by atoms with Crippen molar-refractivity contribution in [2.45, 2.75) is 13.2 Å². The second-order valence-electron chi connectivity index (χ2n) is 3.67. The number of aliphatic hydroxyl groups excluding tert-OH is 1. The van der Waals surface area contributed by atoms with Gasteiger partial charge in [0.15, 0.2) is 12.0 Å². The molecule has 0 aromatic heterocycles. The lowest BCUT2D eigenvalue weighted by atomic mass is 10.0. The van der Waals surface area contributed by atoms with E-state index >= 15 is 0 Å². The fraction of sp³-hybridized carbons (Fsp3) is 0.154. The number of ketones is 1. The Hall–Kier alpha value is -1.87. The molecule has 1 aliphatic heterocycles. The van der Waals surface area contributed by atoms with Gasteiger partial charge in [0.05, 0.1) is 0 Å². The van der Waals surface area contributed by atoms with Gasteiger partial charge in [-0.1, -0.05) is 30.3 Å². The SMILES string of the molecule is CC(=O)C1=CC=C(c2ccccc2)NC1O. The molecule has 0 bridgehead atoms. The number of benzene rings is 1. The molecule has 1 heterocycles. The quantitative estimate of drug-likeness (QED) is 0.785. The van der Waals surface area contributed by atoms with Crippen LogP contribution >= 0.6 is 0 Å². The summed E-state index contributed by atoms with van der Waals surface area (Å²) in [5.41, 5.74) is 2.19. The highest BCUT2D eigenvalue weighted by Gasteiger charge is 2.19. The summed E-state index contributed by atoms with van der Waals surface area (Å²) in [4.78, 5) is 11.2. The van der Waals surface area contributed by atoms with Crippen molar-refractivity contribution in [3.8, 4) is 0 Å². The van der Waals surface area contributed by atoms with E-state index in [2.05, 4.69) is 5.32 Å². The molecule has 1 aromatic carbocycles. The molecule has 1 atom stereocenters. The third-order valence-electron chi connectivity index (χ3n) is 2.51. The van der Waals surface area contributed by atoms with Crippen molar-refractivity contribution in [1.82, 2.24) is 5.32 Å². The summed E-state index contributed by atoms with van der Waals surface area (Å²) in [5, 5.41) is 12.6. The standard InChI is InChI=1S/C13H13NO2/c1-9(15)11-7-8-12(14-13(11)16)10-5-3-2-4-6-10/h2-8,13-14,16H,1H3. The highest BCUT2D eigenvalue weighted by Crippen LogP contribution is 2.18. The van der Waals surface area contributed by atoms with Gasteiger partial charge in [-0.2, -0.15) is 0 Å². The van der Waals surface area contributed by atoms with Gasteiger partial charge in [-0.25, -0.2) is 0 Å². The molecule has 82 valence electrons. The summed E-state index contributed by atoms with van der Waals surface area (Å²) in [6.07, 6.45) is 2.54. The van der Waals surface area contributed by atoms with Crippen molar-refractivity contribution in [2.75, 3.05) is 0 Å². The number of Topliss-reactive ketones (excluding diaryl/α,β-unsaturated/α-hetero) is 1. The Labute approximate surface area is 94.1 Å². The van der Waals surface area contributed by atoms with Crippen molar-refractivity contribution in [1.29, 1.82) is 0 Å². The summed E-state index contributed by atoms with van der Waals surface area (Å²) in [6, 6.07) is 9.67. The van der Waals surface area contributed by atoms with Crippen LogP contribution in [0.15, 0.2) is 48.1 Å². The minimum Gasteiger partial charge on any atom is -0.369 e. The zero-order chi connectivity index (χ0) is 11.5. The van der Waals surface area contributed by atoms with Gasteiger partial charge < -0.3 is 10.4 Å². The van der Waals surface area contributed by atoms with Crippen LogP contribution in [0.5, 0.6) is 0 Å². The van der Waals surface area contributed by atoms with Gasteiger partial charge in [-0.3, -0.25) is 4.79 Å². The maximum atomic E-state index is 11.2. The van der Waals surface area contributed by atoms with E-state index in [9.17, 15) is 9.90 Å². The van der Waals surface area contributed by atoms with Crippen molar-refractivity contribution >= 4 is 11.5 Å². The lowest BCUT2D eigenvalue weighted by Gasteiger charge is -2.21. The molecular weight excluding hydrogens is 202 g/mol. The molecule has 0 spiro atoms. The maximum Gasteiger partial charge on any atom is 0.160 e. The van der Waals surface area contributed by atoms with E-state index in [1.165, 1.54) is 6.92 Å². The fourth-order valence-electron chi connectivity index (χ4n) is 1.64. The number of aliphatic hydroxyl groups is 1. The van der Waals surface area contributed by atoms with E-state index in [-0.39, 0.29) is 5.78 Å². The molecule has 0 saturated carbocycles. The van der Waals surface area contributed by atoms with Crippen LogP contribution in [-0.4, -0.2) is 17.1 Å². The maximum absolute atomic E-state index is 11.2. The third-order valence-corrected chi connectivity index (χ3v) is 2.51. The summed E-state index contributed by atoms with van der Waals surface area (Å²) >= 11 is 0. The predicted molar refractivity (Wildman–Crippen MR) is 62.3 cm³/mol. The summed E-state index contributed by atoms with van der Waals surface area (Å²) in [5.74, 6) is -0.122. The molecule has 1 aromatic rings. The predicted octanol–water partition coefficient (Wildman–Crippen LogP) is 1.46. The molecule has 0 amide bonds. The Morgan fingerprint density at radius 3 is 2.50 bits per heavy atom. The molecular formula is C13H13NO2. The van der Waals surface area contributed by atoms with E-state index in [0.29, 0.717) is 5.57 Å². The summed E-state index contributed by atoms with van der Waals surface area (Å²) < 4.78 is 0. The Morgan fingerprint density at radius 1 is 1.25 bits per heavy atom. The first-order valence-electron chi connectivity index (χ1n) is 5.11. The zero-order valence-electron chi connectivity index (χ0n) is 8.97. The largest absolute Gasteiger partial charge is 0.369 e. The summed E-state index contributed by atoms with van der Waals surface area (Å²) in [6.45, 7) is 1.44. The average molecular weight is 215 g/mol. The average Bonchev–Trinajstić information content (AvgIpc) is 2.29. The summed E-state index contributed by atoms with van der Waals surface area (Å²) in [7, 11) is 0. The Bertz CT molecular complexity index is 460. The van der Waals surface area contributed by atoms with Gasteiger partial charge >= 0.3 is 0 Å². The Balaban J connectivity index is 2.31. The van der Waals surface area contributed by atoms with Crippen LogP contribution in [0.25, 0.3) is 5.70 Å². The number of rotatable bonds is 2. The van der Waals surface area contributed by atoms with Gasteiger partial charge in [0.1, 0.15) is 0 Å². The van der Waals surface area contributed by atoms with Crippen LogP contribution in [0.1, 0.15) is 12.5 Å². The van der Waals surface area contributed by atoms with E-state index in [0.717, 1.165) is 11.3 Å². The second kappa shape index (κ2) is 4.33. The highest BCUT2D eigenvalue weighted by atomic mass is 16.3. The van der Waals surface area contributed by atoms with E-state index in [4.69, 9.17) is 0 Å². The van der Waals surface area contributed by atoms with Crippen LogP contribution in [0.3, 0.4) is 0 Å². The van der Waals surface area contributed by atoms with Gasteiger partial charge in [0.2, 0.25) is 0 Å². The van der Waals surface area contributed by atoms with Crippen molar-refractivity contribution in [2.24, 2.45) is 0 Å². The molecule has 2 N–H and O–H groups in total. The van der Waals surface area contributed by atoms with Crippen molar-refractivity contribution in [3.63, 3.8) is 0 Å². The topological polar surface area (TPSA) is 49.3 Å². The van der Waals surface area contributed by atoms with E-state index < -0.39 is 6.23 Å². The van der Waals surface area contributed by atoms with Crippen molar-refractivity contribution < 1.29 is 9.90 Å². The molecule has 2 rings (SSSR count). The molecule has 0 saturated heterocycles. The minimum atomic E-state index is -0.919. The van der Waals surface area contributed by atoms with Gasteiger partial charge in [0, 0.05) is 11.3 Å². The first-order chi connectivity index (χ1) is 7.68. The first-order valence-corrected chi connectivity index (χ1v) is 5.11. The smallest absolute Gasteiger partial charge is 0.160 e. The molecule has 0 aliphatic carbocycles. The normalized spacial score (nSPS) is 19.5. The Kier molecular flexibility index (Phi) is 2.88. The minimum absolute atomic E-state index is 0.122. The van der Waals surface area contributed by atoms with E-state index in [1.807, 2.05) is 30.3 Å². The number of hydrogen-bond acceptors (Lipinski definition) is 3. The molecule has 16 heavy (non-hydrogen) atoms. The number of carbonyl (C=O) groups excluding carboxylic acids is 1. The third kappa shape index (κ3) is 2.04. The van der Waals surface area contributed by atoms with Gasteiger partial charge in [-0.05, 0) is 24.6 Å².